The molecule has 2 aliphatic heterocycles. The first-order chi connectivity index (χ1) is 14.2. The quantitative estimate of drug-likeness (QED) is 0.756. The van der Waals surface area contributed by atoms with Crippen molar-refractivity contribution in [3.8, 4) is 0 Å². The van der Waals surface area contributed by atoms with E-state index in [1.54, 1.807) is 0 Å². The van der Waals surface area contributed by atoms with Crippen LogP contribution >= 0.6 is 0 Å². The van der Waals surface area contributed by atoms with Gasteiger partial charge < -0.3 is 15.0 Å². The van der Waals surface area contributed by atoms with Gasteiger partial charge in [0.05, 0.1) is 5.92 Å². The number of esters is 1. The van der Waals surface area contributed by atoms with E-state index in [1.165, 1.54) is 16.7 Å². The monoisotopic (exact) mass is 412 g/mol. The van der Waals surface area contributed by atoms with Gasteiger partial charge in [0.1, 0.15) is 11.6 Å². The minimum atomic E-state index is -0.546. The Labute approximate surface area is 180 Å². The van der Waals surface area contributed by atoms with E-state index in [0.29, 0.717) is 25.4 Å². The minimum absolute atomic E-state index is 0.0109. The van der Waals surface area contributed by atoms with Crippen LogP contribution in [-0.4, -0.2) is 48.1 Å². The fraction of sp³-hybridized carbons (Fsp3) is 0.600. The van der Waals surface area contributed by atoms with Gasteiger partial charge in [-0.15, -0.1) is 0 Å². The highest BCUT2D eigenvalue weighted by atomic mass is 16.6. The lowest BCUT2D eigenvalue weighted by Gasteiger charge is -2.36. The molecule has 1 saturated heterocycles. The maximum Gasteiger partial charge on any atom is 0.311 e. The summed E-state index contributed by atoms with van der Waals surface area (Å²) in [5.74, 6) is -0.184. The summed E-state index contributed by atoms with van der Waals surface area (Å²) < 4.78 is 5.59. The number of benzene rings is 1. The van der Waals surface area contributed by atoms with Gasteiger partial charge >= 0.3 is 5.97 Å². The Bertz CT molecular complexity index is 807. The molecule has 2 aliphatic rings. The highest BCUT2D eigenvalue weighted by Gasteiger charge is 2.40. The topological polar surface area (TPSA) is 58.6 Å². The fourth-order valence-corrected chi connectivity index (χ4v) is 4.21. The van der Waals surface area contributed by atoms with Gasteiger partial charge in [-0.3, -0.25) is 9.59 Å². The highest BCUT2D eigenvalue weighted by Crippen LogP contribution is 2.27. The molecule has 5 heteroatoms. The summed E-state index contributed by atoms with van der Waals surface area (Å²) in [5, 5.41) is 3.28. The van der Waals surface area contributed by atoms with Crippen LogP contribution in [0.2, 0.25) is 0 Å². The molecule has 1 amide bonds. The average Bonchev–Trinajstić information content (AvgIpc) is 2.72. The smallest absolute Gasteiger partial charge is 0.311 e. The van der Waals surface area contributed by atoms with E-state index in [-0.39, 0.29) is 11.9 Å². The minimum Gasteiger partial charge on any atom is -0.460 e. The molecule has 2 unspecified atom stereocenters. The zero-order chi connectivity index (χ0) is 21.9. The third kappa shape index (κ3) is 5.51. The van der Waals surface area contributed by atoms with Gasteiger partial charge in [-0.2, -0.15) is 0 Å². The number of amides is 1. The molecule has 0 saturated carbocycles. The number of piperidine rings is 1. The second kappa shape index (κ2) is 9.34. The van der Waals surface area contributed by atoms with Crippen LogP contribution in [0.3, 0.4) is 0 Å². The highest BCUT2D eigenvalue weighted by molar-refractivity contribution is 5.89. The standard InChI is InChI=1S/C25H36N2O3/c1-17(2)19-8-6-9-20(16-19)18-11-14-27(15-12-18)23(28)22-21(10-7-13-26-22)24(29)30-25(3,4)5/h6,8-9,11,16-17,21-22,26H,7,10,12-15H2,1-5H3. The second-order valence-corrected chi connectivity index (χ2v) is 9.76. The molecule has 2 atom stereocenters. The van der Waals surface area contributed by atoms with Gasteiger partial charge in [-0.05, 0) is 69.2 Å². The molecule has 0 aliphatic carbocycles. The number of carbonyl (C=O) groups excluding carboxylic acids is 2. The maximum absolute atomic E-state index is 13.2. The molecular formula is C25H36N2O3. The summed E-state index contributed by atoms with van der Waals surface area (Å²) in [4.78, 5) is 27.8. The van der Waals surface area contributed by atoms with Gasteiger partial charge in [-0.25, -0.2) is 0 Å². The molecular weight excluding hydrogens is 376 g/mol. The number of rotatable bonds is 4. The summed E-state index contributed by atoms with van der Waals surface area (Å²) in [7, 11) is 0. The summed E-state index contributed by atoms with van der Waals surface area (Å²) in [6.07, 6.45) is 4.56. The van der Waals surface area contributed by atoms with Crippen LogP contribution in [0.4, 0.5) is 0 Å². The predicted molar refractivity (Wildman–Crippen MR) is 120 cm³/mol. The summed E-state index contributed by atoms with van der Waals surface area (Å²) in [6.45, 7) is 12.0. The first kappa shape index (κ1) is 22.5. The fourth-order valence-electron chi connectivity index (χ4n) is 4.21. The molecule has 0 aromatic heterocycles. The van der Waals surface area contributed by atoms with Crippen LogP contribution in [0.25, 0.3) is 5.57 Å². The third-order valence-electron chi connectivity index (χ3n) is 5.88. The maximum atomic E-state index is 13.2. The Hall–Kier alpha value is -2.14. The van der Waals surface area contributed by atoms with Crippen molar-refractivity contribution in [3.05, 3.63) is 41.5 Å². The molecule has 1 aromatic carbocycles. The zero-order valence-corrected chi connectivity index (χ0v) is 19.0. The normalized spacial score (nSPS) is 22.6. The number of carbonyl (C=O) groups is 2. The van der Waals surface area contributed by atoms with Crippen molar-refractivity contribution in [3.63, 3.8) is 0 Å². The zero-order valence-electron chi connectivity index (χ0n) is 19.0. The molecule has 1 aromatic rings. The molecule has 0 spiro atoms. The van der Waals surface area contributed by atoms with E-state index >= 15 is 0 Å². The van der Waals surface area contributed by atoms with Crippen molar-refractivity contribution in [1.82, 2.24) is 10.2 Å². The number of hydrogen-bond acceptors (Lipinski definition) is 4. The molecule has 3 rings (SSSR count). The summed E-state index contributed by atoms with van der Waals surface area (Å²) >= 11 is 0. The first-order valence-electron chi connectivity index (χ1n) is 11.2. The lowest BCUT2D eigenvalue weighted by molar-refractivity contribution is -0.164. The van der Waals surface area contributed by atoms with Crippen molar-refractivity contribution < 1.29 is 14.3 Å². The van der Waals surface area contributed by atoms with Gasteiger partial charge in [-0.1, -0.05) is 44.2 Å². The molecule has 5 nitrogen and oxygen atoms in total. The Kier molecular flexibility index (Phi) is 7.02. The molecule has 2 heterocycles. The van der Waals surface area contributed by atoms with E-state index in [2.05, 4.69) is 49.5 Å². The van der Waals surface area contributed by atoms with Crippen molar-refractivity contribution >= 4 is 17.4 Å². The van der Waals surface area contributed by atoms with Gasteiger partial charge in [0.25, 0.3) is 0 Å². The van der Waals surface area contributed by atoms with E-state index in [0.717, 1.165) is 19.4 Å². The van der Waals surface area contributed by atoms with E-state index in [1.807, 2.05) is 25.7 Å². The van der Waals surface area contributed by atoms with Crippen LogP contribution in [0.5, 0.6) is 0 Å². The predicted octanol–water partition coefficient (Wildman–Crippen LogP) is 4.14. The van der Waals surface area contributed by atoms with E-state index in [4.69, 9.17) is 4.74 Å². The Morgan fingerprint density at radius 3 is 2.63 bits per heavy atom. The van der Waals surface area contributed by atoms with E-state index in [9.17, 15) is 9.59 Å². The van der Waals surface area contributed by atoms with Crippen LogP contribution in [0.1, 0.15) is 70.9 Å². The second-order valence-electron chi connectivity index (χ2n) is 9.76. The molecule has 1 fully saturated rings. The van der Waals surface area contributed by atoms with Gasteiger partial charge in [0.15, 0.2) is 0 Å². The van der Waals surface area contributed by atoms with Crippen LogP contribution in [0.15, 0.2) is 30.3 Å². The number of ether oxygens (including phenoxy) is 1. The molecule has 164 valence electrons. The molecule has 30 heavy (non-hydrogen) atoms. The van der Waals surface area contributed by atoms with Crippen molar-refractivity contribution in [2.45, 2.75) is 71.4 Å². The average molecular weight is 413 g/mol. The van der Waals surface area contributed by atoms with Crippen molar-refractivity contribution in [1.29, 1.82) is 0 Å². The van der Waals surface area contributed by atoms with Crippen molar-refractivity contribution in [2.75, 3.05) is 19.6 Å². The van der Waals surface area contributed by atoms with Gasteiger partial charge in [0, 0.05) is 13.1 Å². The molecule has 0 bridgehead atoms. The van der Waals surface area contributed by atoms with E-state index < -0.39 is 17.6 Å². The lowest BCUT2D eigenvalue weighted by atomic mass is 9.89. The molecule has 0 radical (unpaired) electrons. The Balaban J connectivity index is 1.68. The number of nitrogens with zero attached hydrogens (tertiary/aromatic N) is 1. The van der Waals surface area contributed by atoms with Crippen LogP contribution < -0.4 is 5.32 Å². The third-order valence-corrected chi connectivity index (χ3v) is 5.88. The largest absolute Gasteiger partial charge is 0.460 e. The number of hydrogen-bond donors (Lipinski definition) is 1. The Morgan fingerprint density at radius 2 is 2.00 bits per heavy atom. The SMILES string of the molecule is CC(C)c1cccc(C2=CCN(C(=O)C3NCCCC3C(=O)OC(C)(C)C)CC2)c1. The summed E-state index contributed by atoms with van der Waals surface area (Å²) in [5.41, 5.74) is 3.33. The number of nitrogens with one attached hydrogen (secondary N) is 1. The lowest BCUT2D eigenvalue weighted by Crippen LogP contribution is -2.56. The van der Waals surface area contributed by atoms with Crippen LogP contribution in [0, 0.1) is 5.92 Å². The molecule has 1 N–H and O–H groups in total. The van der Waals surface area contributed by atoms with Crippen molar-refractivity contribution in [2.24, 2.45) is 5.92 Å². The Morgan fingerprint density at radius 1 is 1.23 bits per heavy atom. The van der Waals surface area contributed by atoms with Gasteiger partial charge in [0.2, 0.25) is 5.91 Å². The summed E-state index contributed by atoms with van der Waals surface area (Å²) in [6, 6.07) is 8.19. The first-order valence-corrected chi connectivity index (χ1v) is 11.2. The van der Waals surface area contributed by atoms with Crippen LogP contribution in [-0.2, 0) is 14.3 Å².